The molecule has 2 aliphatic rings. The number of hydrogen-bond donors (Lipinski definition) is 0. The fourth-order valence-electron chi connectivity index (χ4n) is 3.23. The standard InChI is InChI=1S/C15H24BrN3O/c1-12-11-20-15(8-16)10-18(12)9-13-6-7-19(17-13)14-4-2-3-5-14/h6-7,12,14-15H,2-5,8-11H2,1H3. The molecule has 0 spiro atoms. The van der Waals surface area contributed by atoms with Crippen molar-refractivity contribution < 1.29 is 4.74 Å². The quantitative estimate of drug-likeness (QED) is 0.788. The molecule has 1 saturated carbocycles. The molecular weight excluding hydrogens is 318 g/mol. The first kappa shape index (κ1) is 14.5. The van der Waals surface area contributed by atoms with E-state index in [2.05, 4.69) is 44.7 Å². The molecule has 0 aromatic carbocycles. The molecule has 0 amide bonds. The van der Waals surface area contributed by atoms with Crippen molar-refractivity contribution in [2.24, 2.45) is 0 Å². The molecule has 1 aromatic heterocycles. The Labute approximate surface area is 129 Å². The predicted octanol–water partition coefficient (Wildman–Crippen LogP) is 2.98. The minimum atomic E-state index is 0.308. The van der Waals surface area contributed by atoms with Gasteiger partial charge in [-0.15, -0.1) is 0 Å². The highest BCUT2D eigenvalue weighted by Gasteiger charge is 2.26. The lowest BCUT2D eigenvalue weighted by molar-refractivity contribution is -0.0504. The van der Waals surface area contributed by atoms with Crippen molar-refractivity contribution in [3.8, 4) is 0 Å². The van der Waals surface area contributed by atoms with E-state index in [0.717, 1.165) is 25.0 Å². The molecule has 0 N–H and O–H groups in total. The van der Waals surface area contributed by atoms with Crippen molar-refractivity contribution in [1.82, 2.24) is 14.7 Å². The molecular formula is C15H24BrN3O. The first-order chi connectivity index (χ1) is 9.76. The molecule has 1 aromatic rings. The van der Waals surface area contributed by atoms with E-state index in [1.807, 2.05) is 0 Å². The third-order valence-corrected chi connectivity index (χ3v) is 5.26. The van der Waals surface area contributed by atoms with Crippen LogP contribution in [0, 0.1) is 0 Å². The van der Waals surface area contributed by atoms with Crippen molar-refractivity contribution in [2.75, 3.05) is 18.5 Å². The van der Waals surface area contributed by atoms with Crippen LogP contribution in [0.1, 0.15) is 44.3 Å². The molecule has 2 unspecified atom stereocenters. The Bertz CT molecular complexity index is 431. The Morgan fingerprint density at radius 2 is 2.20 bits per heavy atom. The summed E-state index contributed by atoms with van der Waals surface area (Å²) in [6.07, 6.45) is 7.77. The highest BCUT2D eigenvalue weighted by molar-refractivity contribution is 9.09. The molecule has 5 heteroatoms. The summed E-state index contributed by atoms with van der Waals surface area (Å²) < 4.78 is 7.97. The molecule has 1 aliphatic carbocycles. The molecule has 20 heavy (non-hydrogen) atoms. The Morgan fingerprint density at radius 3 is 2.95 bits per heavy atom. The SMILES string of the molecule is CC1COC(CBr)CN1Cc1ccn(C2CCCC2)n1. The predicted molar refractivity (Wildman–Crippen MR) is 83.1 cm³/mol. The number of hydrogen-bond acceptors (Lipinski definition) is 3. The van der Waals surface area contributed by atoms with Gasteiger partial charge in [-0.1, -0.05) is 28.8 Å². The molecule has 4 nitrogen and oxygen atoms in total. The number of alkyl halides is 1. The van der Waals surface area contributed by atoms with Crippen molar-refractivity contribution >= 4 is 15.9 Å². The fraction of sp³-hybridized carbons (Fsp3) is 0.800. The molecule has 1 saturated heterocycles. The highest BCUT2D eigenvalue weighted by Crippen LogP contribution is 2.28. The summed E-state index contributed by atoms with van der Waals surface area (Å²) in [4.78, 5) is 2.48. The fourth-order valence-corrected chi connectivity index (χ4v) is 3.62. The summed E-state index contributed by atoms with van der Waals surface area (Å²) in [6.45, 7) is 4.98. The van der Waals surface area contributed by atoms with Crippen LogP contribution in [0.25, 0.3) is 0 Å². The Morgan fingerprint density at radius 1 is 1.40 bits per heavy atom. The van der Waals surface area contributed by atoms with E-state index < -0.39 is 0 Å². The van der Waals surface area contributed by atoms with E-state index in [1.165, 1.54) is 31.4 Å². The Kier molecular flexibility index (Phi) is 4.79. The van der Waals surface area contributed by atoms with Gasteiger partial charge in [-0.2, -0.15) is 5.10 Å². The molecule has 2 fully saturated rings. The summed E-state index contributed by atoms with van der Waals surface area (Å²) in [5.74, 6) is 0. The third-order valence-electron chi connectivity index (χ3n) is 4.53. The summed E-state index contributed by atoms with van der Waals surface area (Å²) >= 11 is 3.52. The number of halogens is 1. The first-order valence-corrected chi connectivity index (χ1v) is 8.84. The van der Waals surface area contributed by atoms with Gasteiger partial charge in [0.2, 0.25) is 0 Å². The van der Waals surface area contributed by atoms with Gasteiger partial charge in [-0.3, -0.25) is 9.58 Å². The second-order valence-corrected chi connectivity index (χ2v) is 6.76. The number of rotatable bonds is 4. The molecule has 0 bridgehead atoms. The van der Waals surface area contributed by atoms with Gasteiger partial charge < -0.3 is 4.74 Å². The van der Waals surface area contributed by atoms with Crippen LogP contribution in [0.4, 0.5) is 0 Å². The number of aromatic nitrogens is 2. The van der Waals surface area contributed by atoms with Crippen LogP contribution in [0.2, 0.25) is 0 Å². The molecule has 1 aliphatic heterocycles. The molecule has 3 rings (SSSR count). The maximum absolute atomic E-state index is 5.78. The number of nitrogens with zero attached hydrogens (tertiary/aromatic N) is 3. The monoisotopic (exact) mass is 341 g/mol. The van der Waals surface area contributed by atoms with Crippen LogP contribution >= 0.6 is 15.9 Å². The van der Waals surface area contributed by atoms with E-state index in [0.29, 0.717) is 18.2 Å². The van der Waals surface area contributed by atoms with Crippen molar-refractivity contribution in [3.05, 3.63) is 18.0 Å². The van der Waals surface area contributed by atoms with Crippen molar-refractivity contribution in [3.63, 3.8) is 0 Å². The van der Waals surface area contributed by atoms with E-state index in [-0.39, 0.29) is 0 Å². The van der Waals surface area contributed by atoms with Crippen LogP contribution < -0.4 is 0 Å². The van der Waals surface area contributed by atoms with Gasteiger partial charge in [-0.25, -0.2) is 0 Å². The van der Waals surface area contributed by atoms with Gasteiger partial charge in [0, 0.05) is 30.7 Å². The number of ether oxygens (including phenoxy) is 1. The summed E-state index contributed by atoms with van der Waals surface area (Å²) in [6, 6.07) is 3.30. The van der Waals surface area contributed by atoms with Crippen molar-refractivity contribution in [2.45, 2.75) is 57.3 Å². The molecule has 2 atom stereocenters. The second kappa shape index (κ2) is 6.58. The Hall–Kier alpha value is -0.390. The third kappa shape index (κ3) is 3.26. The van der Waals surface area contributed by atoms with Crippen LogP contribution in [-0.4, -0.2) is 45.3 Å². The van der Waals surface area contributed by atoms with E-state index in [1.54, 1.807) is 0 Å². The second-order valence-electron chi connectivity index (χ2n) is 6.11. The maximum Gasteiger partial charge on any atom is 0.0799 e. The molecule has 0 radical (unpaired) electrons. The van der Waals surface area contributed by atoms with Gasteiger partial charge in [0.15, 0.2) is 0 Å². The zero-order chi connectivity index (χ0) is 13.9. The minimum absolute atomic E-state index is 0.308. The van der Waals surface area contributed by atoms with Gasteiger partial charge in [0.25, 0.3) is 0 Å². The van der Waals surface area contributed by atoms with E-state index >= 15 is 0 Å². The van der Waals surface area contributed by atoms with Gasteiger partial charge >= 0.3 is 0 Å². The highest BCUT2D eigenvalue weighted by atomic mass is 79.9. The largest absolute Gasteiger partial charge is 0.374 e. The average molecular weight is 342 g/mol. The first-order valence-electron chi connectivity index (χ1n) is 7.72. The summed E-state index contributed by atoms with van der Waals surface area (Å²) in [7, 11) is 0. The maximum atomic E-state index is 5.78. The van der Waals surface area contributed by atoms with Crippen LogP contribution in [0.3, 0.4) is 0 Å². The van der Waals surface area contributed by atoms with Crippen LogP contribution in [-0.2, 0) is 11.3 Å². The van der Waals surface area contributed by atoms with Gasteiger partial charge in [-0.05, 0) is 25.8 Å². The lowest BCUT2D eigenvalue weighted by atomic mass is 10.2. The lowest BCUT2D eigenvalue weighted by Crippen LogP contribution is -2.48. The van der Waals surface area contributed by atoms with Crippen LogP contribution in [0.5, 0.6) is 0 Å². The minimum Gasteiger partial charge on any atom is -0.374 e. The van der Waals surface area contributed by atoms with E-state index in [9.17, 15) is 0 Å². The zero-order valence-corrected chi connectivity index (χ0v) is 13.8. The van der Waals surface area contributed by atoms with E-state index in [4.69, 9.17) is 9.84 Å². The van der Waals surface area contributed by atoms with Crippen LogP contribution in [0.15, 0.2) is 12.3 Å². The lowest BCUT2D eigenvalue weighted by Gasteiger charge is -2.37. The zero-order valence-electron chi connectivity index (χ0n) is 12.2. The average Bonchev–Trinajstić information content (AvgIpc) is 3.12. The van der Waals surface area contributed by atoms with Gasteiger partial charge in [0.05, 0.1) is 24.4 Å². The van der Waals surface area contributed by atoms with Gasteiger partial charge in [0.1, 0.15) is 0 Å². The van der Waals surface area contributed by atoms with Crippen molar-refractivity contribution in [1.29, 1.82) is 0 Å². The summed E-state index contributed by atoms with van der Waals surface area (Å²) in [5.41, 5.74) is 1.19. The molecule has 2 heterocycles. The number of morpholine rings is 1. The topological polar surface area (TPSA) is 30.3 Å². The normalized spacial score (nSPS) is 29.1. The molecule has 112 valence electrons. The smallest absolute Gasteiger partial charge is 0.0799 e. The Balaban J connectivity index is 1.61. The summed E-state index contributed by atoms with van der Waals surface area (Å²) in [5, 5.41) is 5.70.